The number of carbonyl (C=O) groups is 2. The fourth-order valence-electron chi connectivity index (χ4n) is 2.34. The van der Waals surface area contributed by atoms with Gasteiger partial charge in [-0.15, -0.1) is 0 Å². The van der Waals surface area contributed by atoms with Crippen molar-refractivity contribution in [3.05, 3.63) is 59.1 Å². The number of nitrogens with one attached hydrogen (secondary N) is 2. The van der Waals surface area contributed by atoms with Crippen LogP contribution in [-0.4, -0.2) is 37.9 Å². The highest BCUT2D eigenvalue weighted by Crippen LogP contribution is 2.15. The molecule has 26 heavy (non-hydrogen) atoms. The smallest absolute Gasteiger partial charge is 0.282 e. The summed E-state index contributed by atoms with van der Waals surface area (Å²) in [4.78, 5) is 24.7. The zero-order valence-corrected chi connectivity index (χ0v) is 16.0. The fraction of sp³-hybridized carbons (Fsp3) is 0.300. The standard InChI is InChI=1S/C20H23ClN2O3/c1-14(20(25)22-18-8-4-16(5-9-18)15(2)24)23(3)12-13-26-19-10-6-17(21)7-11-19/h4-11,14H,12-13H2,1-3H3,(H,22,25)/p+1/t14-/m0/s1. The van der Waals surface area contributed by atoms with E-state index in [4.69, 9.17) is 16.3 Å². The summed E-state index contributed by atoms with van der Waals surface area (Å²) in [6.45, 7) is 4.57. The molecule has 0 heterocycles. The van der Waals surface area contributed by atoms with Crippen LogP contribution in [0.5, 0.6) is 5.75 Å². The molecular weight excluding hydrogens is 352 g/mol. The Balaban J connectivity index is 1.80. The number of halogens is 1. The Kier molecular flexibility index (Phi) is 7.18. The molecule has 1 amide bonds. The maximum atomic E-state index is 12.4. The lowest BCUT2D eigenvalue weighted by Crippen LogP contribution is -3.14. The minimum atomic E-state index is -0.240. The zero-order valence-electron chi connectivity index (χ0n) is 15.2. The average molecular weight is 376 g/mol. The molecule has 0 aliphatic carbocycles. The summed E-state index contributed by atoms with van der Waals surface area (Å²) in [6.07, 6.45) is 0. The van der Waals surface area contributed by atoms with Gasteiger partial charge in [0.15, 0.2) is 11.8 Å². The molecular formula is C20H24ClN2O3+. The molecule has 5 nitrogen and oxygen atoms in total. The molecule has 0 spiro atoms. The van der Waals surface area contributed by atoms with E-state index in [1.165, 1.54) is 6.92 Å². The Morgan fingerprint density at radius 3 is 2.31 bits per heavy atom. The maximum absolute atomic E-state index is 12.4. The summed E-state index contributed by atoms with van der Waals surface area (Å²) >= 11 is 5.84. The molecule has 2 aromatic rings. The molecule has 0 aromatic heterocycles. The SMILES string of the molecule is CC(=O)c1ccc(NC(=O)[C@H](C)[NH+](C)CCOc2ccc(Cl)cc2)cc1. The maximum Gasteiger partial charge on any atom is 0.282 e. The van der Waals surface area contributed by atoms with Crippen molar-refractivity contribution in [1.29, 1.82) is 0 Å². The Labute approximate surface area is 158 Å². The topological polar surface area (TPSA) is 59.8 Å². The minimum absolute atomic E-state index is 0.00103. The largest absolute Gasteiger partial charge is 0.488 e. The predicted molar refractivity (Wildman–Crippen MR) is 103 cm³/mol. The molecule has 6 heteroatoms. The highest BCUT2D eigenvalue weighted by Gasteiger charge is 2.21. The van der Waals surface area contributed by atoms with Gasteiger partial charge in [0.2, 0.25) is 0 Å². The third kappa shape index (κ3) is 5.86. The molecule has 2 atom stereocenters. The average Bonchev–Trinajstić information content (AvgIpc) is 2.63. The van der Waals surface area contributed by atoms with Crippen molar-refractivity contribution in [2.75, 3.05) is 25.5 Å². The molecule has 0 aliphatic heterocycles. The van der Waals surface area contributed by atoms with Crippen LogP contribution >= 0.6 is 11.6 Å². The van der Waals surface area contributed by atoms with Gasteiger partial charge >= 0.3 is 0 Å². The number of hydrogen-bond acceptors (Lipinski definition) is 3. The highest BCUT2D eigenvalue weighted by molar-refractivity contribution is 6.30. The number of amides is 1. The van der Waals surface area contributed by atoms with Crippen LogP contribution < -0.4 is 15.0 Å². The van der Waals surface area contributed by atoms with Gasteiger partial charge in [-0.2, -0.15) is 0 Å². The van der Waals surface area contributed by atoms with Crippen molar-refractivity contribution >= 4 is 29.0 Å². The summed E-state index contributed by atoms with van der Waals surface area (Å²) in [5, 5.41) is 3.54. The van der Waals surface area contributed by atoms with E-state index in [0.29, 0.717) is 29.4 Å². The Morgan fingerprint density at radius 1 is 1.12 bits per heavy atom. The van der Waals surface area contributed by atoms with E-state index in [9.17, 15) is 9.59 Å². The number of carbonyl (C=O) groups excluding carboxylic acids is 2. The van der Waals surface area contributed by atoms with Gasteiger partial charge < -0.3 is 15.0 Å². The van der Waals surface area contributed by atoms with Gasteiger partial charge in [-0.1, -0.05) is 11.6 Å². The lowest BCUT2D eigenvalue weighted by molar-refractivity contribution is -0.894. The molecule has 0 saturated heterocycles. The molecule has 0 radical (unpaired) electrons. The van der Waals surface area contributed by atoms with Crippen LogP contribution in [0.1, 0.15) is 24.2 Å². The number of benzene rings is 2. The van der Waals surface area contributed by atoms with E-state index in [1.54, 1.807) is 36.4 Å². The Morgan fingerprint density at radius 2 is 1.73 bits per heavy atom. The van der Waals surface area contributed by atoms with Crippen LogP contribution in [0, 0.1) is 0 Å². The first kappa shape index (κ1) is 19.9. The molecule has 0 fully saturated rings. The van der Waals surface area contributed by atoms with Crippen molar-refractivity contribution in [2.45, 2.75) is 19.9 Å². The lowest BCUT2D eigenvalue weighted by atomic mass is 10.1. The number of Topliss-reactive ketones (excluding diaryl/α,β-unsaturated/α-hetero) is 1. The summed E-state index contributed by atoms with van der Waals surface area (Å²) < 4.78 is 5.67. The number of hydrogen-bond donors (Lipinski definition) is 2. The van der Waals surface area contributed by atoms with Crippen molar-refractivity contribution in [3.8, 4) is 5.75 Å². The Hall–Kier alpha value is -2.37. The van der Waals surface area contributed by atoms with E-state index in [2.05, 4.69) is 5.32 Å². The third-order valence-electron chi connectivity index (χ3n) is 4.27. The molecule has 138 valence electrons. The van der Waals surface area contributed by atoms with Gasteiger partial charge in [-0.25, -0.2) is 0 Å². The first-order valence-electron chi connectivity index (χ1n) is 8.49. The normalized spacial score (nSPS) is 12.9. The first-order chi connectivity index (χ1) is 12.4. The second-order valence-electron chi connectivity index (χ2n) is 6.24. The summed E-state index contributed by atoms with van der Waals surface area (Å²) in [6, 6.07) is 13.8. The summed E-state index contributed by atoms with van der Waals surface area (Å²) in [7, 11) is 1.95. The second kappa shape index (κ2) is 9.36. The first-order valence-corrected chi connectivity index (χ1v) is 8.87. The fourth-order valence-corrected chi connectivity index (χ4v) is 2.47. The molecule has 0 saturated carbocycles. The van der Waals surface area contributed by atoms with Gasteiger partial charge in [-0.3, -0.25) is 9.59 Å². The van der Waals surface area contributed by atoms with Gasteiger partial charge in [0, 0.05) is 16.3 Å². The molecule has 1 unspecified atom stereocenters. The number of likely N-dealkylation sites (N-methyl/N-ethyl adjacent to an activating group) is 1. The molecule has 2 N–H and O–H groups in total. The third-order valence-corrected chi connectivity index (χ3v) is 4.52. The van der Waals surface area contributed by atoms with Crippen LogP contribution in [0.2, 0.25) is 5.02 Å². The molecule has 0 aliphatic rings. The molecule has 0 bridgehead atoms. The van der Waals surface area contributed by atoms with E-state index in [-0.39, 0.29) is 17.7 Å². The number of rotatable bonds is 8. The lowest BCUT2D eigenvalue weighted by Gasteiger charge is -2.21. The number of ether oxygens (including phenoxy) is 1. The van der Waals surface area contributed by atoms with Gasteiger partial charge in [0.25, 0.3) is 5.91 Å². The van der Waals surface area contributed by atoms with Crippen LogP contribution in [0.3, 0.4) is 0 Å². The Bertz CT molecular complexity index is 745. The second-order valence-corrected chi connectivity index (χ2v) is 6.68. The van der Waals surface area contributed by atoms with E-state index in [0.717, 1.165) is 10.6 Å². The van der Waals surface area contributed by atoms with Gasteiger partial charge in [-0.05, 0) is 62.4 Å². The van der Waals surface area contributed by atoms with Crippen molar-refractivity contribution in [2.24, 2.45) is 0 Å². The predicted octanol–water partition coefficient (Wildman–Crippen LogP) is 2.46. The monoisotopic (exact) mass is 375 g/mol. The van der Waals surface area contributed by atoms with Crippen LogP contribution in [-0.2, 0) is 4.79 Å². The number of ketones is 1. The van der Waals surface area contributed by atoms with Gasteiger partial charge in [0.05, 0.1) is 7.05 Å². The van der Waals surface area contributed by atoms with E-state index >= 15 is 0 Å². The number of quaternary nitrogens is 1. The highest BCUT2D eigenvalue weighted by atomic mass is 35.5. The molecule has 2 aromatic carbocycles. The quantitative estimate of drug-likeness (QED) is 0.697. The number of anilines is 1. The van der Waals surface area contributed by atoms with E-state index in [1.807, 2.05) is 26.1 Å². The van der Waals surface area contributed by atoms with Crippen molar-refractivity contribution < 1.29 is 19.2 Å². The summed E-state index contributed by atoms with van der Waals surface area (Å²) in [5.41, 5.74) is 1.30. The van der Waals surface area contributed by atoms with Crippen molar-refractivity contribution in [3.63, 3.8) is 0 Å². The zero-order chi connectivity index (χ0) is 19.1. The van der Waals surface area contributed by atoms with Crippen LogP contribution in [0.15, 0.2) is 48.5 Å². The summed E-state index contributed by atoms with van der Waals surface area (Å²) in [5.74, 6) is 0.676. The van der Waals surface area contributed by atoms with Crippen LogP contribution in [0.4, 0.5) is 5.69 Å². The minimum Gasteiger partial charge on any atom is -0.488 e. The van der Waals surface area contributed by atoms with Crippen LogP contribution in [0.25, 0.3) is 0 Å². The van der Waals surface area contributed by atoms with Gasteiger partial charge in [0.1, 0.15) is 18.9 Å². The van der Waals surface area contributed by atoms with Crippen molar-refractivity contribution in [1.82, 2.24) is 0 Å². The van der Waals surface area contributed by atoms with E-state index < -0.39 is 0 Å². The molecule has 2 rings (SSSR count).